The molecule has 0 spiro atoms. The molecule has 0 radical (unpaired) electrons. The lowest BCUT2D eigenvalue weighted by molar-refractivity contribution is 0.0600. The quantitative estimate of drug-likeness (QED) is 0.683. The van der Waals surface area contributed by atoms with Crippen LogP contribution in [0.5, 0.6) is 5.75 Å². The monoisotopic (exact) mass is 294 g/mol. The van der Waals surface area contributed by atoms with Gasteiger partial charge in [0.1, 0.15) is 5.75 Å². The van der Waals surface area contributed by atoms with E-state index in [2.05, 4.69) is 4.74 Å². The molecular formula is C18H14O4. The van der Waals surface area contributed by atoms with Gasteiger partial charge in [-0.1, -0.05) is 24.3 Å². The van der Waals surface area contributed by atoms with Crippen molar-refractivity contribution in [3.05, 3.63) is 70.3 Å². The zero-order valence-corrected chi connectivity index (χ0v) is 12.0. The minimum absolute atomic E-state index is 0.0667. The standard InChI is InChI=1S/C18H14O4/c1-22-18(21)12-7-5-11(6-8-12)9-13-10-15-14(17(13)20)3-2-4-16(15)19/h2-9,19H,10H2,1H3/b13-9+. The third-order valence-electron chi connectivity index (χ3n) is 3.73. The van der Waals surface area contributed by atoms with E-state index in [4.69, 9.17) is 0 Å². The molecule has 0 unspecified atom stereocenters. The summed E-state index contributed by atoms with van der Waals surface area (Å²) in [6.07, 6.45) is 2.20. The number of carbonyl (C=O) groups excluding carboxylic acids is 2. The predicted octanol–water partition coefficient (Wildman–Crippen LogP) is 3.00. The molecule has 0 atom stereocenters. The first-order valence-corrected chi connectivity index (χ1v) is 6.84. The van der Waals surface area contributed by atoms with E-state index in [0.29, 0.717) is 28.7 Å². The number of carbonyl (C=O) groups is 2. The molecule has 22 heavy (non-hydrogen) atoms. The van der Waals surface area contributed by atoms with Crippen molar-refractivity contribution in [1.29, 1.82) is 0 Å². The maximum atomic E-state index is 12.3. The Kier molecular flexibility index (Phi) is 3.51. The average molecular weight is 294 g/mol. The molecular weight excluding hydrogens is 280 g/mol. The van der Waals surface area contributed by atoms with E-state index >= 15 is 0 Å². The molecule has 0 amide bonds. The van der Waals surface area contributed by atoms with E-state index < -0.39 is 5.97 Å². The van der Waals surface area contributed by atoms with Crippen LogP contribution in [0, 0.1) is 0 Å². The Bertz CT molecular complexity index is 785. The highest BCUT2D eigenvalue weighted by atomic mass is 16.5. The number of phenols is 1. The molecule has 110 valence electrons. The van der Waals surface area contributed by atoms with Crippen molar-refractivity contribution in [3.8, 4) is 5.75 Å². The third kappa shape index (κ3) is 2.39. The first-order chi connectivity index (χ1) is 10.6. The summed E-state index contributed by atoms with van der Waals surface area (Å²) in [5.74, 6) is -0.313. The highest BCUT2D eigenvalue weighted by Crippen LogP contribution is 2.33. The van der Waals surface area contributed by atoms with Crippen LogP contribution in [-0.4, -0.2) is 24.0 Å². The molecule has 0 bridgehead atoms. The molecule has 1 aliphatic carbocycles. The van der Waals surface area contributed by atoms with Gasteiger partial charge in [0.15, 0.2) is 5.78 Å². The van der Waals surface area contributed by atoms with Crippen molar-refractivity contribution in [2.24, 2.45) is 0 Å². The molecule has 2 aromatic carbocycles. The molecule has 4 nitrogen and oxygen atoms in total. The van der Waals surface area contributed by atoms with E-state index in [9.17, 15) is 14.7 Å². The fourth-order valence-corrected chi connectivity index (χ4v) is 2.57. The van der Waals surface area contributed by atoms with Crippen molar-refractivity contribution in [2.45, 2.75) is 6.42 Å². The number of phenolic OH excluding ortho intramolecular Hbond substituents is 1. The van der Waals surface area contributed by atoms with E-state index in [0.717, 1.165) is 5.56 Å². The number of benzene rings is 2. The predicted molar refractivity (Wildman–Crippen MR) is 81.9 cm³/mol. The number of allylic oxidation sites excluding steroid dienone is 1. The van der Waals surface area contributed by atoms with Gasteiger partial charge in [0, 0.05) is 23.1 Å². The van der Waals surface area contributed by atoms with Gasteiger partial charge in [-0.2, -0.15) is 0 Å². The Morgan fingerprint density at radius 3 is 2.55 bits per heavy atom. The first-order valence-electron chi connectivity index (χ1n) is 6.84. The number of hydrogen-bond acceptors (Lipinski definition) is 4. The summed E-state index contributed by atoms with van der Waals surface area (Å²) in [5, 5.41) is 9.83. The largest absolute Gasteiger partial charge is 0.508 e. The Labute approximate surface area is 127 Å². The van der Waals surface area contributed by atoms with Crippen molar-refractivity contribution in [1.82, 2.24) is 0 Å². The zero-order valence-electron chi connectivity index (χ0n) is 12.0. The third-order valence-corrected chi connectivity index (χ3v) is 3.73. The topological polar surface area (TPSA) is 63.6 Å². The van der Waals surface area contributed by atoms with Crippen molar-refractivity contribution >= 4 is 17.8 Å². The zero-order chi connectivity index (χ0) is 15.7. The Morgan fingerprint density at radius 2 is 1.91 bits per heavy atom. The van der Waals surface area contributed by atoms with E-state index in [1.54, 1.807) is 48.5 Å². The van der Waals surface area contributed by atoms with Gasteiger partial charge >= 0.3 is 5.97 Å². The van der Waals surface area contributed by atoms with Gasteiger partial charge in [-0.3, -0.25) is 4.79 Å². The number of aromatic hydroxyl groups is 1. The van der Waals surface area contributed by atoms with Crippen LogP contribution >= 0.6 is 0 Å². The molecule has 0 saturated heterocycles. The van der Waals surface area contributed by atoms with Crippen LogP contribution in [0.3, 0.4) is 0 Å². The van der Waals surface area contributed by atoms with Crippen LogP contribution in [0.2, 0.25) is 0 Å². The lowest BCUT2D eigenvalue weighted by Gasteiger charge is -2.00. The summed E-state index contributed by atoms with van der Waals surface area (Å²) in [6, 6.07) is 11.8. The molecule has 0 heterocycles. The Hall–Kier alpha value is -2.88. The number of ether oxygens (including phenoxy) is 1. The van der Waals surface area contributed by atoms with Crippen LogP contribution in [0.15, 0.2) is 48.0 Å². The Morgan fingerprint density at radius 1 is 1.18 bits per heavy atom. The molecule has 2 aromatic rings. The normalized spacial score (nSPS) is 15.0. The average Bonchev–Trinajstić information content (AvgIpc) is 2.85. The van der Waals surface area contributed by atoms with Crippen LogP contribution < -0.4 is 0 Å². The molecule has 1 N–H and O–H groups in total. The molecule has 0 saturated carbocycles. The van der Waals surface area contributed by atoms with E-state index in [-0.39, 0.29) is 11.5 Å². The molecule has 0 aromatic heterocycles. The fourth-order valence-electron chi connectivity index (χ4n) is 2.57. The second-order valence-electron chi connectivity index (χ2n) is 5.09. The number of Topliss-reactive ketones (excluding diaryl/α,β-unsaturated/α-hetero) is 1. The minimum atomic E-state index is -0.395. The highest BCUT2D eigenvalue weighted by molar-refractivity contribution is 6.16. The van der Waals surface area contributed by atoms with Crippen molar-refractivity contribution in [2.75, 3.05) is 7.11 Å². The smallest absolute Gasteiger partial charge is 0.337 e. The van der Waals surface area contributed by atoms with Crippen LogP contribution in [0.25, 0.3) is 6.08 Å². The van der Waals surface area contributed by atoms with Gasteiger partial charge < -0.3 is 9.84 Å². The molecule has 1 aliphatic rings. The summed E-state index contributed by atoms with van der Waals surface area (Å²) in [5.41, 5.74) is 3.14. The van der Waals surface area contributed by atoms with Crippen LogP contribution in [-0.2, 0) is 11.2 Å². The number of ketones is 1. The lowest BCUT2D eigenvalue weighted by Crippen LogP contribution is -2.00. The number of hydrogen-bond donors (Lipinski definition) is 1. The second kappa shape index (κ2) is 5.48. The molecule has 3 rings (SSSR count). The Balaban J connectivity index is 1.90. The molecule has 0 fully saturated rings. The summed E-state index contributed by atoms with van der Waals surface area (Å²) in [7, 11) is 1.33. The van der Waals surface area contributed by atoms with Gasteiger partial charge in [-0.15, -0.1) is 0 Å². The summed E-state index contributed by atoms with van der Waals surface area (Å²) in [4.78, 5) is 23.7. The maximum Gasteiger partial charge on any atom is 0.337 e. The number of rotatable bonds is 2. The SMILES string of the molecule is COC(=O)c1ccc(/C=C2\Cc3c(O)cccc3C2=O)cc1. The molecule has 0 aliphatic heterocycles. The lowest BCUT2D eigenvalue weighted by atomic mass is 10.1. The summed E-state index contributed by atoms with van der Waals surface area (Å²) in [6.45, 7) is 0. The van der Waals surface area contributed by atoms with Gasteiger partial charge in [0.25, 0.3) is 0 Å². The first kappa shape index (κ1) is 14.1. The highest BCUT2D eigenvalue weighted by Gasteiger charge is 2.26. The van der Waals surface area contributed by atoms with Crippen LogP contribution in [0.4, 0.5) is 0 Å². The van der Waals surface area contributed by atoms with Gasteiger partial charge in [-0.05, 0) is 29.8 Å². The van der Waals surface area contributed by atoms with Crippen molar-refractivity contribution in [3.63, 3.8) is 0 Å². The van der Waals surface area contributed by atoms with Crippen LogP contribution in [0.1, 0.15) is 31.8 Å². The van der Waals surface area contributed by atoms with Gasteiger partial charge in [-0.25, -0.2) is 4.79 Å². The fraction of sp³-hybridized carbons (Fsp3) is 0.111. The van der Waals surface area contributed by atoms with Crippen molar-refractivity contribution < 1.29 is 19.4 Å². The number of esters is 1. The summed E-state index contributed by atoms with van der Waals surface area (Å²) < 4.78 is 4.65. The second-order valence-corrected chi connectivity index (χ2v) is 5.09. The van der Waals surface area contributed by atoms with Gasteiger partial charge in [0.05, 0.1) is 12.7 Å². The molecule has 4 heteroatoms. The minimum Gasteiger partial charge on any atom is -0.508 e. The van der Waals surface area contributed by atoms with E-state index in [1.165, 1.54) is 7.11 Å². The number of methoxy groups -OCH3 is 1. The maximum absolute atomic E-state index is 12.3. The number of fused-ring (bicyclic) bond motifs is 1. The summed E-state index contributed by atoms with van der Waals surface area (Å²) >= 11 is 0. The van der Waals surface area contributed by atoms with E-state index in [1.807, 2.05) is 0 Å². The van der Waals surface area contributed by atoms with Gasteiger partial charge in [0.2, 0.25) is 0 Å².